The van der Waals surface area contributed by atoms with E-state index in [1.165, 1.54) is 12.8 Å². The van der Waals surface area contributed by atoms with Crippen molar-refractivity contribution in [3.8, 4) is 11.5 Å². The van der Waals surface area contributed by atoms with Gasteiger partial charge in [-0.1, -0.05) is 62.8 Å². The number of halogens is 1. The van der Waals surface area contributed by atoms with Gasteiger partial charge in [-0.3, -0.25) is 19.4 Å². The van der Waals surface area contributed by atoms with E-state index >= 15 is 0 Å². The number of imide groups is 1. The molecule has 1 saturated heterocycles. The van der Waals surface area contributed by atoms with Gasteiger partial charge in [0.1, 0.15) is 11.5 Å². The van der Waals surface area contributed by atoms with Gasteiger partial charge in [0.15, 0.2) is 0 Å². The molecule has 0 aromatic heterocycles. The van der Waals surface area contributed by atoms with Crippen LogP contribution >= 0.6 is 12.4 Å². The lowest BCUT2D eigenvalue weighted by Crippen LogP contribution is -2.57. The molecule has 0 unspecified atom stereocenters. The van der Waals surface area contributed by atoms with Gasteiger partial charge in [0.25, 0.3) is 0 Å². The number of hydrogen-bond donors (Lipinski definition) is 0. The lowest BCUT2D eigenvalue weighted by Gasteiger charge is -2.42. The highest BCUT2D eigenvalue weighted by molar-refractivity contribution is 5.98. The van der Waals surface area contributed by atoms with Crippen molar-refractivity contribution in [3.05, 3.63) is 54.1 Å². The van der Waals surface area contributed by atoms with E-state index in [-0.39, 0.29) is 42.1 Å². The zero-order valence-electron chi connectivity index (χ0n) is 26.0. The quantitative estimate of drug-likeness (QED) is 0.291. The SMILES string of the molecule is COc1ccc(C[C@H](CN2CCN(c3ccccc3OC)CC2)N(C(=O)C2CCCCC2)C(=O)C2CCCCC2)cc1.Cl. The fourth-order valence-electron chi connectivity index (χ4n) is 7.19. The van der Waals surface area contributed by atoms with Crippen molar-refractivity contribution < 1.29 is 19.1 Å². The summed E-state index contributed by atoms with van der Waals surface area (Å²) in [4.78, 5) is 35.2. The van der Waals surface area contributed by atoms with Crippen LogP contribution < -0.4 is 14.4 Å². The minimum atomic E-state index is -0.194. The van der Waals surface area contributed by atoms with Crippen LogP contribution in [0.4, 0.5) is 5.69 Å². The highest BCUT2D eigenvalue weighted by atomic mass is 35.5. The second kappa shape index (κ2) is 16.3. The Morgan fingerprint density at radius 1 is 0.767 bits per heavy atom. The fourth-order valence-corrected chi connectivity index (χ4v) is 7.19. The number of hydrogen-bond acceptors (Lipinski definition) is 6. The van der Waals surface area contributed by atoms with Gasteiger partial charge in [0.05, 0.1) is 25.9 Å². The predicted molar refractivity (Wildman–Crippen MR) is 174 cm³/mol. The highest BCUT2D eigenvalue weighted by Gasteiger charge is 2.39. The van der Waals surface area contributed by atoms with E-state index in [1.54, 1.807) is 19.1 Å². The van der Waals surface area contributed by atoms with E-state index < -0.39 is 0 Å². The Morgan fingerprint density at radius 2 is 1.33 bits per heavy atom. The molecule has 236 valence electrons. The minimum absolute atomic E-state index is 0. The molecule has 2 aromatic carbocycles. The van der Waals surface area contributed by atoms with Crippen LogP contribution in [0.15, 0.2) is 48.5 Å². The third kappa shape index (κ3) is 8.45. The molecule has 3 fully saturated rings. The molecule has 0 bridgehead atoms. The average molecular weight is 612 g/mol. The Kier molecular flexibility index (Phi) is 12.6. The molecule has 2 saturated carbocycles. The van der Waals surface area contributed by atoms with Crippen molar-refractivity contribution in [3.63, 3.8) is 0 Å². The minimum Gasteiger partial charge on any atom is -0.497 e. The maximum Gasteiger partial charge on any atom is 0.232 e. The molecule has 3 aliphatic rings. The molecule has 0 radical (unpaired) electrons. The second-order valence-corrected chi connectivity index (χ2v) is 12.4. The van der Waals surface area contributed by atoms with Crippen molar-refractivity contribution in [2.24, 2.45) is 11.8 Å². The number of amides is 2. The van der Waals surface area contributed by atoms with Crippen LogP contribution in [0.1, 0.15) is 69.8 Å². The first-order valence-corrected chi connectivity index (χ1v) is 16.2. The van der Waals surface area contributed by atoms with Crippen LogP contribution in [-0.4, -0.2) is 74.6 Å². The number of anilines is 1. The van der Waals surface area contributed by atoms with Crippen molar-refractivity contribution in [2.45, 2.75) is 76.7 Å². The molecule has 0 N–H and O–H groups in total. The predicted octanol–water partition coefficient (Wildman–Crippen LogP) is 6.37. The number of rotatable bonds is 10. The first kappa shape index (κ1) is 33.1. The summed E-state index contributed by atoms with van der Waals surface area (Å²) in [5.74, 6) is 1.80. The smallest absolute Gasteiger partial charge is 0.232 e. The third-order valence-corrected chi connectivity index (χ3v) is 9.65. The van der Waals surface area contributed by atoms with Crippen molar-refractivity contribution >= 4 is 29.9 Å². The molecule has 1 aliphatic heterocycles. The van der Waals surface area contributed by atoms with Gasteiger partial charge in [-0.05, 0) is 61.9 Å². The lowest BCUT2D eigenvalue weighted by atomic mass is 9.85. The number of benzene rings is 2. The molecule has 7 nitrogen and oxygen atoms in total. The molecule has 1 atom stereocenters. The van der Waals surface area contributed by atoms with Gasteiger partial charge in [-0.25, -0.2) is 0 Å². The normalized spacial score (nSPS) is 19.3. The zero-order chi connectivity index (χ0) is 29.3. The van der Waals surface area contributed by atoms with E-state index in [1.807, 2.05) is 24.3 Å². The molecule has 2 aliphatic carbocycles. The molecule has 1 heterocycles. The van der Waals surface area contributed by atoms with Crippen LogP contribution in [0, 0.1) is 11.8 Å². The third-order valence-electron chi connectivity index (χ3n) is 9.65. The number of piperazine rings is 1. The number of carbonyl (C=O) groups is 2. The number of nitrogens with zero attached hydrogens (tertiary/aromatic N) is 3. The van der Waals surface area contributed by atoms with Gasteiger partial charge >= 0.3 is 0 Å². The summed E-state index contributed by atoms with van der Waals surface area (Å²) in [6.45, 7) is 4.20. The summed E-state index contributed by atoms with van der Waals surface area (Å²) < 4.78 is 11.0. The number of para-hydroxylation sites is 2. The van der Waals surface area contributed by atoms with Crippen molar-refractivity contribution in [1.29, 1.82) is 0 Å². The topological polar surface area (TPSA) is 62.3 Å². The van der Waals surface area contributed by atoms with Crippen molar-refractivity contribution in [2.75, 3.05) is 51.8 Å². The molecular formula is C35H50ClN3O4. The Bertz CT molecular complexity index is 1130. The molecule has 0 spiro atoms. The van der Waals surface area contributed by atoms with Crippen LogP contribution in [0.3, 0.4) is 0 Å². The summed E-state index contributed by atoms with van der Waals surface area (Å²) >= 11 is 0. The zero-order valence-corrected chi connectivity index (χ0v) is 26.9. The summed E-state index contributed by atoms with van der Waals surface area (Å²) in [5, 5.41) is 0. The Hall–Kier alpha value is -2.77. The van der Waals surface area contributed by atoms with Gasteiger partial charge in [0, 0.05) is 44.6 Å². The number of ether oxygens (including phenoxy) is 2. The molecule has 8 heteroatoms. The Labute approximate surface area is 264 Å². The van der Waals surface area contributed by atoms with Gasteiger partial charge in [0.2, 0.25) is 11.8 Å². The first-order chi connectivity index (χ1) is 20.6. The molecule has 5 rings (SSSR count). The average Bonchev–Trinajstić information content (AvgIpc) is 3.06. The van der Waals surface area contributed by atoms with Crippen LogP contribution in [0.5, 0.6) is 11.5 Å². The summed E-state index contributed by atoms with van der Waals surface area (Å²) in [5.41, 5.74) is 2.25. The second-order valence-electron chi connectivity index (χ2n) is 12.4. The van der Waals surface area contributed by atoms with E-state index in [2.05, 4.69) is 34.1 Å². The highest BCUT2D eigenvalue weighted by Crippen LogP contribution is 2.32. The van der Waals surface area contributed by atoms with E-state index in [9.17, 15) is 9.59 Å². The Morgan fingerprint density at radius 3 is 1.86 bits per heavy atom. The molecule has 2 amide bonds. The Balaban J connectivity index is 0.00000423. The standard InChI is InChI=1S/C35H49N3O4.ClH/c1-41-31-19-17-27(18-20-31)25-30(26-36-21-23-37(24-22-36)32-15-9-10-16-33(32)42-2)38(34(39)28-11-5-3-6-12-28)35(40)29-13-7-4-8-14-29;/h9-10,15-20,28-30H,3-8,11-14,21-26H2,1-2H3;1H/t30-;/m1./s1. The summed E-state index contributed by atoms with van der Waals surface area (Å²) in [6, 6.07) is 16.1. The summed E-state index contributed by atoms with van der Waals surface area (Å²) in [6.07, 6.45) is 11.0. The van der Waals surface area contributed by atoms with E-state index in [0.29, 0.717) is 13.0 Å². The largest absolute Gasteiger partial charge is 0.497 e. The molecule has 2 aromatic rings. The summed E-state index contributed by atoms with van der Waals surface area (Å²) in [7, 11) is 3.40. The van der Waals surface area contributed by atoms with Crippen LogP contribution in [0.2, 0.25) is 0 Å². The molecule has 43 heavy (non-hydrogen) atoms. The van der Waals surface area contributed by atoms with Gasteiger partial charge in [-0.15, -0.1) is 12.4 Å². The molecular weight excluding hydrogens is 562 g/mol. The van der Waals surface area contributed by atoms with Crippen molar-refractivity contribution in [1.82, 2.24) is 9.80 Å². The number of methoxy groups -OCH3 is 2. The van der Waals surface area contributed by atoms with E-state index in [0.717, 1.165) is 100 Å². The maximum atomic E-state index is 14.3. The fraction of sp³-hybridized carbons (Fsp3) is 0.600. The van der Waals surface area contributed by atoms with Gasteiger partial charge < -0.3 is 14.4 Å². The number of carbonyl (C=O) groups excluding carboxylic acids is 2. The first-order valence-electron chi connectivity index (χ1n) is 16.2. The monoisotopic (exact) mass is 611 g/mol. The van der Waals surface area contributed by atoms with Crippen LogP contribution in [0.25, 0.3) is 0 Å². The van der Waals surface area contributed by atoms with Gasteiger partial charge in [-0.2, -0.15) is 0 Å². The lowest BCUT2D eigenvalue weighted by molar-refractivity contribution is -0.154. The van der Waals surface area contributed by atoms with E-state index in [4.69, 9.17) is 9.47 Å². The maximum absolute atomic E-state index is 14.3. The van der Waals surface area contributed by atoms with Crippen LogP contribution in [-0.2, 0) is 16.0 Å².